The molecular weight excluding hydrogens is 186 g/mol. The van der Waals surface area contributed by atoms with Gasteiger partial charge in [-0.15, -0.1) is 0 Å². The molecule has 0 amide bonds. The van der Waals surface area contributed by atoms with Gasteiger partial charge in [0.2, 0.25) is 0 Å². The van der Waals surface area contributed by atoms with E-state index in [1.54, 1.807) is 0 Å². The molecule has 0 aromatic heterocycles. The molecule has 3 aliphatic rings. The summed E-state index contributed by atoms with van der Waals surface area (Å²) >= 11 is 0. The van der Waals surface area contributed by atoms with Crippen LogP contribution in [0.25, 0.3) is 0 Å². The quantitative estimate of drug-likeness (QED) is 0.748. The fourth-order valence-corrected chi connectivity index (χ4v) is 3.41. The Morgan fingerprint density at radius 3 is 2.87 bits per heavy atom. The summed E-state index contributed by atoms with van der Waals surface area (Å²) in [5.74, 6) is 0.780. The Balaban J connectivity index is 1.72. The Hall–Kier alpha value is -0.630. The van der Waals surface area contributed by atoms with Crippen LogP contribution < -0.4 is 5.32 Å². The number of allylic oxidation sites excluding steroid dienone is 2. The maximum absolute atomic E-state index is 12.3. The van der Waals surface area contributed by atoms with E-state index in [1.165, 1.54) is 25.7 Å². The average Bonchev–Trinajstić information content (AvgIpc) is 2.91. The van der Waals surface area contributed by atoms with Crippen molar-refractivity contribution in [2.24, 2.45) is 5.92 Å². The van der Waals surface area contributed by atoms with Crippen molar-refractivity contribution < 1.29 is 4.79 Å². The molecule has 0 aromatic rings. The summed E-state index contributed by atoms with van der Waals surface area (Å²) in [6.45, 7) is 0. The van der Waals surface area contributed by atoms with Crippen molar-refractivity contribution >= 4 is 5.78 Å². The zero-order chi connectivity index (χ0) is 10.3. The highest BCUT2D eigenvalue weighted by molar-refractivity contribution is 5.98. The van der Waals surface area contributed by atoms with E-state index in [4.69, 9.17) is 0 Å². The van der Waals surface area contributed by atoms with Crippen LogP contribution in [0.3, 0.4) is 0 Å². The van der Waals surface area contributed by atoms with Crippen molar-refractivity contribution in [1.29, 1.82) is 0 Å². The van der Waals surface area contributed by atoms with Gasteiger partial charge in [-0.1, -0.05) is 6.08 Å². The first kappa shape index (κ1) is 9.59. The van der Waals surface area contributed by atoms with Crippen LogP contribution in [0, 0.1) is 5.92 Å². The van der Waals surface area contributed by atoms with Gasteiger partial charge in [0, 0.05) is 18.0 Å². The van der Waals surface area contributed by atoms with Crippen LogP contribution in [0.5, 0.6) is 0 Å². The summed E-state index contributed by atoms with van der Waals surface area (Å²) < 4.78 is 0. The third-order valence-electron chi connectivity index (χ3n) is 4.24. The van der Waals surface area contributed by atoms with Crippen LogP contribution in [0.15, 0.2) is 11.6 Å². The highest BCUT2D eigenvalue weighted by atomic mass is 16.1. The zero-order valence-electron chi connectivity index (χ0n) is 9.17. The van der Waals surface area contributed by atoms with Crippen molar-refractivity contribution in [1.82, 2.24) is 5.32 Å². The van der Waals surface area contributed by atoms with E-state index in [2.05, 4.69) is 11.4 Å². The van der Waals surface area contributed by atoms with Crippen LogP contribution in [-0.2, 0) is 4.79 Å². The van der Waals surface area contributed by atoms with E-state index >= 15 is 0 Å². The third kappa shape index (κ3) is 1.65. The average molecular weight is 205 g/mol. The number of carbonyl (C=O) groups excluding carboxylic acids is 1. The van der Waals surface area contributed by atoms with Gasteiger partial charge in [-0.05, 0) is 50.5 Å². The zero-order valence-corrected chi connectivity index (χ0v) is 9.17. The number of nitrogens with one attached hydrogen (secondary N) is 1. The predicted molar refractivity (Wildman–Crippen MR) is 59.6 cm³/mol. The molecule has 2 nitrogen and oxygen atoms in total. The lowest BCUT2D eigenvalue weighted by molar-refractivity contribution is -0.120. The van der Waals surface area contributed by atoms with Gasteiger partial charge in [0.05, 0.1) is 0 Å². The Morgan fingerprint density at radius 2 is 2.27 bits per heavy atom. The largest absolute Gasteiger partial charge is 0.310 e. The standard InChI is InChI=1S/C13H19NO/c15-13(9-4-2-1-3-5-9)11-8-10-6-7-12(11)14-10/h4,10-12,14H,1-3,5-8H2. The fraction of sp³-hybridized carbons (Fsp3) is 0.769. The van der Waals surface area contributed by atoms with Gasteiger partial charge < -0.3 is 5.32 Å². The second-order valence-corrected chi connectivity index (χ2v) is 5.23. The maximum Gasteiger partial charge on any atom is 0.163 e. The van der Waals surface area contributed by atoms with Gasteiger partial charge in [-0.3, -0.25) is 4.79 Å². The number of rotatable bonds is 2. The van der Waals surface area contributed by atoms with Crippen LogP contribution in [0.1, 0.15) is 44.9 Å². The van der Waals surface area contributed by atoms with Crippen LogP contribution in [0.2, 0.25) is 0 Å². The summed E-state index contributed by atoms with van der Waals surface area (Å²) in [6.07, 6.45) is 10.4. The van der Waals surface area contributed by atoms with Crippen molar-refractivity contribution in [3.8, 4) is 0 Å². The lowest BCUT2D eigenvalue weighted by atomic mass is 9.81. The molecule has 0 spiro atoms. The van der Waals surface area contributed by atoms with Gasteiger partial charge in [-0.25, -0.2) is 0 Å². The highest BCUT2D eigenvalue weighted by Crippen LogP contribution is 2.36. The van der Waals surface area contributed by atoms with Gasteiger partial charge in [0.1, 0.15) is 0 Å². The molecule has 15 heavy (non-hydrogen) atoms. The van der Waals surface area contributed by atoms with Crippen LogP contribution >= 0.6 is 0 Å². The number of hydrogen-bond donors (Lipinski definition) is 1. The minimum Gasteiger partial charge on any atom is -0.310 e. The number of Topliss-reactive ketones (excluding diaryl/α,β-unsaturated/α-hetero) is 1. The lowest BCUT2D eigenvalue weighted by Crippen LogP contribution is -2.30. The molecule has 2 heteroatoms. The third-order valence-corrected chi connectivity index (χ3v) is 4.24. The van der Waals surface area contributed by atoms with Gasteiger partial charge in [-0.2, -0.15) is 0 Å². The van der Waals surface area contributed by atoms with Crippen LogP contribution in [-0.4, -0.2) is 17.9 Å². The Bertz CT molecular complexity index is 308. The summed E-state index contributed by atoms with van der Waals surface area (Å²) in [7, 11) is 0. The van der Waals surface area contributed by atoms with Crippen molar-refractivity contribution in [3.63, 3.8) is 0 Å². The molecule has 2 fully saturated rings. The van der Waals surface area contributed by atoms with E-state index in [1.807, 2.05) is 0 Å². The molecule has 0 aromatic carbocycles. The number of hydrogen-bond acceptors (Lipinski definition) is 2. The molecule has 1 N–H and O–H groups in total. The minimum absolute atomic E-state index is 0.313. The Kier molecular flexibility index (Phi) is 2.39. The smallest absolute Gasteiger partial charge is 0.163 e. The van der Waals surface area contributed by atoms with Gasteiger partial charge >= 0.3 is 0 Å². The molecule has 2 heterocycles. The second-order valence-electron chi connectivity index (χ2n) is 5.23. The van der Waals surface area contributed by atoms with Gasteiger partial charge in [0.15, 0.2) is 5.78 Å². The molecular formula is C13H19NO. The van der Waals surface area contributed by atoms with Gasteiger partial charge in [0.25, 0.3) is 0 Å². The molecule has 2 saturated heterocycles. The molecule has 2 aliphatic heterocycles. The number of ketones is 1. The van der Waals surface area contributed by atoms with Crippen molar-refractivity contribution in [2.45, 2.75) is 57.0 Å². The highest BCUT2D eigenvalue weighted by Gasteiger charge is 2.43. The van der Waals surface area contributed by atoms with E-state index in [-0.39, 0.29) is 0 Å². The molecule has 3 rings (SSSR count). The second kappa shape index (κ2) is 3.75. The van der Waals surface area contributed by atoms with E-state index in [0.29, 0.717) is 23.8 Å². The molecule has 2 bridgehead atoms. The van der Waals surface area contributed by atoms with E-state index < -0.39 is 0 Å². The lowest BCUT2D eigenvalue weighted by Gasteiger charge is -2.21. The monoisotopic (exact) mass is 205 g/mol. The van der Waals surface area contributed by atoms with E-state index in [0.717, 1.165) is 24.8 Å². The summed E-state index contributed by atoms with van der Waals surface area (Å²) in [5.41, 5.74) is 1.14. The predicted octanol–water partition coefficient (Wildman–Crippen LogP) is 2.20. The topological polar surface area (TPSA) is 29.1 Å². The first-order chi connectivity index (χ1) is 7.34. The summed E-state index contributed by atoms with van der Waals surface area (Å²) in [5, 5.41) is 3.55. The molecule has 82 valence electrons. The fourth-order valence-electron chi connectivity index (χ4n) is 3.41. The van der Waals surface area contributed by atoms with Crippen LogP contribution in [0.4, 0.5) is 0 Å². The normalized spacial score (nSPS) is 39.2. The number of fused-ring (bicyclic) bond motifs is 2. The summed E-state index contributed by atoms with van der Waals surface area (Å²) in [4.78, 5) is 12.3. The Labute approximate surface area is 91.1 Å². The van der Waals surface area contributed by atoms with E-state index in [9.17, 15) is 4.79 Å². The minimum atomic E-state index is 0.313. The molecule has 3 unspecified atom stereocenters. The molecule has 1 aliphatic carbocycles. The number of carbonyl (C=O) groups is 1. The maximum atomic E-state index is 12.3. The Morgan fingerprint density at radius 1 is 1.33 bits per heavy atom. The molecule has 0 radical (unpaired) electrons. The van der Waals surface area contributed by atoms with Crippen molar-refractivity contribution in [3.05, 3.63) is 11.6 Å². The molecule has 0 saturated carbocycles. The summed E-state index contributed by atoms with van der Waals surface area (Å²) in [6, 6.07) is 1.15. The first-order valence-corrected chi connectivity index (χ1v) is 6.34. The first-order valence-electron chi connectivity index (χ1n) is 6.34. The van der Waals surface area contributed by atoms with Crippen molar-refractivity contribution in [2.75, 3.05) is 0 Å². The SMILES string of the molecule is O=C(C1=CCCCC1)C1CC2CCC1N2. The molecule has 3 atom stereocenters.